The van der Waals surface area contributed by atoms with E-state index in [9.17, 15) is 0 Å². The Morgan fingerprint density at radius 1 is 1.32 bits per heavy atom. The molecule has 0 aliphatic rings. The molecule has 1 N–H and O–H groups in total. The second kappa shape index (κ2) is 5.65. The lowest BCUT2D eigenvalue weighted by molar-refractivity contribution is 0.370. The number of hydrogen-bond acceptors (Lipinski definition) is 3. The summed E-state index contributed by atoms with van der Waals surface area (Å²) >= 11 is 3.50. The number of rotatable bonds is 4. The minimum absolute atomic E-state index is 0.693. The van der Waals surface area contributed by atoms with Gasteiger partial charge in [-0.15, -0.1) is 0 Å². The van der Waals surface area contributed by atoms with Crippen LogP contribution in [0, 0.1) is 13.8 Å². The average molecular weight is 324 g/mol. The fourth-order valence-corrected chi connectivity index (χ4v) is 2.78. The zero-order valence-electron chi connectivity index (χ0n) is 11.6. The van der Waals surface area contributed by atoms with Crippen molar-refractivity contribution < 1.29 is 4.74 Å². The number of methoxy groups -OCH3 is 1. The average Bonchev–Trinajstić information content (AvgIpc) is 2.59. The molecule has 2 aromatic rings. The van der Waals surface area contributed by atoms with Gasteiger partial charge >= 0.3 is 0 Å². The molecule has 2 rings (SSSR count). The van der Waals surface area contributed by atoms with E-state index in [0.717, 1.165) is 27.3 Å². The first-order valence-corrected chi connectivity index (χ1v) is 6.88. The van der Waals surface area contributed by atoms with E-state index in [1.807, 2.05) is 14.0 Å². The Labute approximate surface area is 121 Å². The second-order valence-electron chi connectivity index (χ2n) is 4.57. The highest BCUT2D eigenvalue weighted by molar-refractivity contribution is 9.10. The summed E-state index contributed by atoms with van der Waals surface area (Å²) in [6.07, 6.45) is 0. The van der Waals surface area contributed by atoms with Crippen molar-refractivity contribution in [3.05, 3.63) is 39.5 Å². The summed E-state index contributed by atoms with van der Waals surface area (Å²) in [5.74, 6) is 0.803. The molecule has 19 heavy (non-hydrogen) atoms. The normalized spacial score (nSPS) is 10.6. The molecule has 0 radical (unpaired) electrons. The minimum atomic E-state index is 0.693. The van der Waals surface area contributed by atoms with Crippen molar-refractivity contribution in [1.82, 2.24) is 9.78 Å². The number of anilines is 1. The maximum Gasteiger partial charge on any atom is 0.216 e. The van der Waals surface area contributed by atoms with Crippen LogP contribution in [0.5, 0.6) is 5.88 Å². The zero-order chi connectivity index (χ0) is 14.0. The van der Waals surface area contributed by atoms with Crippen molar-refractivity contribution in [2.45, 2.75) is 20.4 Å². The molecule has 102 valence electrons. The van der Waals surface area contributed by atoms with E-state index in [1.54, 1.807) is 11.8 Å². The number of halogens is 1. The number of hydrogen-bond donors (Lipinski definition) is 1. The molecule has 1 heterocycles. The first-order valence-electron chi connectivity index (χ1n) is 6.08. The molecule has 0 fully saturated rings. The van der Waals surface area contributed by atoms with Gasteiger partial charge in [0.05, 0.1) is 18.4 Å². The molecule has 0 saturated carbocycles. The van der Waals surface area contributed by atoms with Crippen LogP contribution in [0.4, 0.5) is 5.69 Å². The number of ether oxygens (including phenoxy) is 1. The van der Waals surface area contributed by atoms with Crippen molar-refractivity contribution in [1.29, 1.82) is 0 Å². The van der Waals surface area contributed by atoms with Crippen LogP contribution in [0.3, 0.4) is 0 Å². The van der Waals surface area contributed by atoms with Crippen LogP contribution in [0.15, 0.2) is 22.7 Å². The van der Waals surface area contributed by atoms with Gasteiger partial charge in [-0.05, 0) is 37.6 Å². The number of aryl methyl sites for hydroxylation is 3. The Balaban J connectivity index is 2.18. The van der Waals surface area contributed by atoms with Crippen LogP contribution in [0.1, 0.15) is 16.8 Å². The predicted octanol–water partition coefficient (Wildman–Crippen LogP) is 3.42. The second-order valence-corrected chi connectivity index (χ2v) is 5.48. The molecule has 4 nitrogen and oxygen atoms in total. The number of nitrogens with zero attached hydrogens (tertiary/aromatic N) is 2. The van der Waals surface area contributed by atoms with Gasteiger partial charge in [0.25, 0.3) is 0 Å². The van der Waals surface area contributed by atoms with Gasteiger partial charge in [0, 0.05) is 23.8 Å². The minimum Gasteiger partial charge on any atom is -0.481 e. The van der Waals surface area contributed by atoms with Crippen LogP contribution in [-0.2, 0) is 13.6 Å². The maximum absolute atomic E-state index is 5.38. The van der Waals surface area contributed by atoms with Crippen molar-refractivity contribution in [3.63, 3.8) is 0 Å². The highest BCUT2D eigenvalue weighted by Crippen LogP contribution is 2.24. The van der Waals surface area contributed by atoms with E-state index >= 15 is 0 Å². The molecule has 0 atom stereocenters. The lowest BCUT2D eigenvalue weighted by Crippen LogP contribution is -2.03. The summed E-state index contributed by atoms with van der Waals surface area (Å²) in [5, 5.41) is 7.78. The Bertz CT molecular complexity index is 572. The summed E-state index contributed by atoms with van der Waals surface area (Å²) in [7, 11) is 3.56. The predicted molar refractivity (Wildman–Crippen MR) is 80.7 cm³/mol. The third kappa shape index (κ3) is 3.10. The maximum atomic E-state index is 5.38. The van der Waals surface area contributed by atoms with Gasteiger partial charge in [-0.25, -0.2) is 4.68 Å². The molecule has 0 aliphatic heterocycles. The number of nitrogens with one attached hydrogen (secondary N) is 1. The van der Waals surface area contributed by atoms with Crippen LogP contribution in [0.25, 0.3) is 0 Å². The molecule has 0 spiro atoms. The van der Waals surface area contributed by atoms with Gasteiger partial charge in [-0.2, -0.15) is 5.10 Å². The lowest BCUT2D eigenvalue weighted by Gasteiger charge is -2.09. The molecule has 0 unspecified atom stereocenters. The van der Waals surface area contributed by atoms with Crippen LogP contribution in [0.2, 0.25) is 0 Å². The molecular formula is C14H18BrN3O. The van der Waals surface area contributed by atoms with E-state index in [4.69, 9.17) is 4.74 Å². The largest absolute Gasteiger partial charge is 0.481 e. The van der Waals surface area contributed by atoms with Crippen molar-refractivity contribution >= 4 is 21.6 Å². The van der Waals surface area contributed by atoms with Gasteiger partial charge in [-0.1, -0.05) is 15.9 Å². The van der Waals surface area contributed by atoms with E-state index < -0.39 is 0 Å². The highest BCUT2D eigenvalue weighted by atomic mass is 79.9. The molecule has 0 amide bonds. The third-order valence-corrected chi connectivity index (χ3v) is 3.45. The Hall–Kier alpha value is -1.49. The highest BCUT2D eigenvalue weighted by Gasteiger charge is 2.13. The third-order valence-electron chi connectivity index (χ3n) is 2.99. The number of aromatic nitrogens is 2. The van der Waals surface area contributed by atoms with Gasteiger partial charge < -0.3 is 10.1 Å². The summed E-state index contributed by atoms with van der Waals surface area (Å²) in [6.45, 7) is 4.76. The van der Waals surface area contributed by atoms with Gasteiger partial charge in [0.15, 0.2) is 0 Å². The van der Waals surface area contributed by atoms with E-state index in [2.05, 4.69) is 51.5 Å². The van der Waals surface area contributed by atoms with E-state index in [0.29, 0.717) is 6.54 Å². The van der Waals surface area contributed by atoms with Crippen LogP contribution in [-0.4, -0.2) is 16.9 Å². The van der Waals surface area contributed by atoms with Crippen molar-refractivity contribution in [2.24, 2.45) is 7.05 Å². The van der Waals surface area contributed by atoms with Crippen molar-refractivity contribution in [2.75, 3.05) is 12.4 Å². The molecule has 1 aromatic carbocycles. The lowest BCUT2D eigenvalue weighted by atomic mass is 10.2. The molecule has 1 aromatic heterocycles. The fraction of sp³-hybridized carbons (Fsp3) is 0.357. The Kier molecular flexibility index (Phi) is 4.14. The molecule has 0 aliphatic carbocycles. The van der Waals surface area contributed by atoms with Gasteiger partial charge in [0.1, 0.15) is 0 Å². The van der Waals surface area contributed by atoms with Crippen molar-refractivity contribution in [3.8, 4) is 5.88 Å². The van der Waals surface area contributed by atoms with Gasteiger partial charge in [-0.3, -0.25) is 0 Å². The quantitative estimate of drug-likeness (QED) is 0.937. The fourth-order valence-electron chi connectivity index (χ4n) is 2.17. The standard InChI is InChI=1S/C14H18BrN3O/c1-9-5-11(15)7-12(6-9)16-8-13-10(2)17-18(3)14(13)19-4/h5-7,16H,8H2,1-4H3. The summed E-state index contributed by atoms with van der Waals surface area (Å²) in [4.78, 5) is 0. The Morgan fingerprint density at radius 3 is 2.68 bits per heavy atom. The topological polar surface area (TPSA) is 39.1 Å². The molecule has 0 bridgehead atoms. The summed E-state index contributed by atoms with van der Waals surface area (Å²) < 4.78 is 8.22. The zero-order valence-corrected chi connectivity index (χ0v) is 13.2. The number of benzene rings is 1. The Morgan fingerprint density at radius 2 is 2.05 bits per heavy atom. The van der Waals surface area contributed by atoms with E-state index in [-0.39, 0.29) is 0 Å². The first kappa shape index (κ1) is 13.9. The smallest absolute Gasteiger partial charge is 0.216 e. The van der Waals surface area contributed by atoms with Gasteiger partial charge in [0.2, 0.25) is 5.88 Å². The molecule has 5 heteroatoms. The molecule has 0 saturated heterocycles. The molecular weight excluding hydrogens is 306 g/mol. The monoisotopic (exact) mass is 323 g/mol. The van der Waals surface area contributed by atoms with E-state index in [1.165, 1.54) is 5.56 Å². The van der Waals surface area contributed by atoms with Crippen LogP contribution >= 0.6 is 15.9 Å². The first-order chi connectivity index (χ1) is 9.01. The summed E-state index contributed by atoms with van der Waals surface area (Å²) in [6, 6.07) is 6.26. The van der Waals surface area contributed by atoms with Crippen LogP contribution < -0.4 is 10.1 Å². The summed E-state index contributed by atoms with van der Waals surface area (Å²) in [5.41, 5.74) is 4.37. The SMILES string of the molecule is COc1c(CNc2cc(C)cc(Br)c2)c(C)nn1C.